The van der Waals surface area contributed by atoms with Gasteiger partial charge in [-0.1, -0.05) is 34.1 Å². The van der Waals surface area contributed by atoms with Gasteiger partial charge in [0.15, 0.2) is 0 Å². The quantitative estimate of drug-likeness (QED) is 0.801. The third-order valence-corrected chi connectivity index (χ3v) is 4.81. The van der Waals surface area contributed by atoms with Gasteiger partial charge in [0.25, 0.3) is 0 Å². The molecule has 0 saturated heterocycles. The Morgan fingerprint density at radius 1 is 1.21 bits per heavy atom. The minimum absolute atomic E-state index is 0.172. The van der Waals surface area contributed by atoms with Crippen LogP contribution in [0.4, 0.5) is 0 Å². The number of hydrogen-bond donors (Lipinski definition) is 2. The summed E-state index contributed by atoms with van der Waals surface area (Å²) in [6, 6.07) is 0. The van der Waals surface area contributed by atoms with E-state index in [1.54, 1.807) is 0 Å². The molecule has 0 aromatic heterocycles. The summed E-state index contributed by atoms with van der Waals surface area (Å²) < 4.78 is 0. The van der Waals surface area contributed by atoms with Crippen molar-refractivity contribution in [1.82, 2.24) is 0 Å². The predicted octanol–water partition coefficient (Wildman–Crippen LogP) is 3.70. The topological polar surface area (TPSA) is 57.5 Å². The van der Waals surface area contributed by atoms with Crippen LogP contribution in [0, 0.1) is 23.2 Å². The third-order valence-electron chi connectivity index (χ3n) is 4.81. The number of rotatable bonds is 5. The van der Waals surface area contributed by atoms with Crippen LogP contribution in [0.2, 0.25) is 0 Å². The van der Waals surface area contributed by atoms with E-state index in [1.807, 2.05) is 6.92 Å². The molecule has 2 unspecified atom stereocenters. The normalized spacial score (nSPS) is 27.8. The average molecular weight is 270 g/mol. The lowest BCUT2D eigenvalue weighted by Gasteiger charge is -2.39. The first-order valence-corrected chi connectivity index (χ1v) is 7.68. The Morgan fingerprint density at radius 3 is 2.11 bits per heavy atom. The highest BCUT2D eigenvalue weighted by Crippen LogP contribution is 2.41. The molecule has 2 atom stereocenters. The maximum atomic E-state index is 11.2. The lowest BCUT2D eigenvalue weighted by atomic mass is 9.67. The second-order valence-corrected chi connectivity index (χ2v) is 7.20. The molecule has 3 heteroatoms. The molecular weight excluding hydrogens is 240 g/mol. The Labute approximate surface area is 117 Å². The Bertz CT molecular complexity index is 285. The first-order chi connectivity index (χ1) is 8.77. The van der Waals surface area contributed by atoms with E-state index < -0.39 is 18.0 Å². The molecule has 0 bridgehead atoms. The van der Waals surface area contributed by atoms with Gasteiger partial charge >= 0.3 is 5.97 Å². The molecule has 3 nitrogen and oxygen atoms in total. The first-order valence-electron chi connectivity index (χ1n) is 7.68. The maximum Gasteiger partial charge on any atom is 0.309 e. The molecule has 0 aromatic rings. The molecule has 0 spiro atoms. The highest BCUT2D eigenvalue weighted by molar-refractivity contribution is 5.70. The number of aliphatic hydroxyl groups is 1. The van der Waals surface area contributed by atoms with Gasteiger partial charge in [0.05, 0.1) is 12.0 Å². The van der Waals surface area contributed by atoms with E-state index in [9.17, 15) is 15.0 Å². The molecule has 0 heterocycles. The van der Waals surface area contributed by atoms with Gasteiger partial charge in [-0.05, 0) is 49.4 Å². The van der Waals surface area contributed by atoms with Gasteiger partial charge in [0, 0.05) is 0 Å². The van der Waals surface area contributed by atoms with Crippen LogP contribution in [-0.2, 0) is 4.79 Å². The molecule has 1 saturated carbocycles. The van der Waals surface area contributed by atoms with Crippen molar-refractivity contribution >= 4 is 5.97 Å². The predicted molar refractivity (Wildman–Crippen MR) is 76.9 cm³/mol. The van der Waals surface area contributed by atoms with Gasteiger partial charge in [-0.25, -0.2) is 0 Å². The molecule has 1 aliphatic carbocycles. The second kappa shape index (κ2) is 6.74. The van der Waals surface area contributed by atoms with Crippen molar-refractivity contribution in [3.63, 3.8) is 0 Å². The van der Waals surface area contributed by atoms with Gasteiger partial charge < -0.3 is 10.2 Å². The van der Waals surface area contributed by atoms with Crippen LogP contribution in [0.1, 0.15) is 66.2 Å². The van der Waals surface area contributed by atoms with Gasteiger partial charge in [0.2, 0.25) is 0 Å². The molecule has 112 valence electrons. The van der Waals surface area contributed by atoms with E-state index in [0.29, 0.717) is 17.8 Å². The Balaban J connectivity index is 2.56. The second-order valence-electron chi connectivity index (χ2n) is 7.20. The van der Waals surface area contributed by atoms with E-state index in [0.717, 1.165) is 32.1 Å². The van der Waals surface area contributed by atoms with Crippen molar-refractivity contribution in [1.29, 1.82) is 0 Å². The minimum Gasteiger partial charge on any atom is -0.481 e. The molecular formula is C16H30O3. The molecule has 19 heavy (non-hydrogen) atoms. The lowest BCUT2D eigenvalue weighted by molar-refractivity contribution is -0.148. The van der Waals surface area contributed by atoms with Crippen molar-refractivity contribution in [2.45, 2.75) is 72.3 Å². The molecule has 0 aliphatic heterocycles. The van der Waals surface area contributed by atoms with Gasteiger partial charge in [0.1, 0.15) is 0 Å². The van der Waals surface area contributed by atoms with Gasteiger partial charge in [-0.2, -0.15) is 0 Å². The zero-order chi connectivity index (χ0) is 14.6. The van der Waals surface area contributed by atoms with Crippen LogP contribution >= 0.6 is 0 Å². The smallest absolute Gasteiger partial charge is 0.309 e. The molecule has 0 amide bonds. The van der Waals surface area contributed by atoms with E-state index in [1.165, 1.54) is 0 Å². The van der Waals surface area contributed by atoms with Crippen LogP contribution in [0.15, 0.2) is 0 Å². The fourth-order valence-electron chi connectivity index (χ4n) is 3.41. The zero-order valence-electron chi connectivity index (χ0n) is 12.9. The van der Waals surface area contributed by atoms with Crippen molar-refractivity contribution in [3.05, 3.63) is 0 Å². The summed E-state index contributed by atoms with van der Waals surface area (Å²) in [5.74, 6) is -0.551. The first kappa shape index (κ1) is 16.5. The fourth-order valence-corrected chi connectivity index (χ4v) is 3.41. The SMILES string of the molecule is CCCC(C(=O)O)C(O)C1CCC(C(C)(C)C)CC1. The van der Waals surface area contributed by atoms with Crippen molar-refractivity contribution < 1.29 is 15.0 Å². The van der Waals surface area contributed by atoms with Gasteiger partial charge in [-0.3, -0.25) is 4.79 Å². The zero-order valence-corrected chi connectivity index (χ0v) is 12.9. The Morgan fingerprint density at radius 2 is 1.74 bits per heavy atom. The van der Waals surface area contributed by atoms with Crippen LogP contribution in [0.5, 0.6) is 0 Å². The van der Waals surface area contributed by atoms with Crippen LogP contribution < -0.4 is 0 Å². The number of carboxylic acids is 1. The molecule has 1 fully saturated rings. The summed E-state index contributed by atoms with van der Waals surface area (Å²) in [6.07, 6.45) is 4.89. The number of aliphatic carboxylic acids is 1. The van der Waals surface area contributed by atoms with Crippen LogP contribution in [-0.4, -0.2) is 22.3 Å². The molecule has 1 aliphatic rings. The summed E-state index contributed by atoms with van der Waals surface area (Å²) in [6.45, 7) is 8.78. The highest BCUT2D eigenvalue weighted by Gasteiger charge is 2.36. The summed E-state index contributed by atoms with van der Waals surface area (Å²) in [4.78, 5) is 11.2. The number of carboxylic acid groups (broad SMARTS) is 1. The van der Waals surface area contributed by atoms with E-state index in [4.69, 9.17) is 0 Å². The largest absolute Gasteiger partial charge is 0.481 e. The molecule has 1 rings (SSSR count). The monoisotopic (exact) mass is 270 g/mol. The van der Waals surface area contributed by atoms with Gasteiger partial charge in [-0.15, -0.1) is 0 Å². The Hall–Kier alpha value is -0.570. The lowest BCUT2D eigenvalue weighted by Crippen LogP contribution is -2.37. The van der Waals surface area contributed by atoms with E-state index in [-0.39, 0.29) is 5.92 Å². The van der Waals surface area contributed by atoms with Crippen molar-refractivity contribution in [2.75, 3.05) is 0 Å². The number of carbonyl (C=O) groups is 1. The minimum atomic E-state index is -0.840. The number of aliphatic hydroxyl groups excluding tert-OH is 1. The standard InChI is InChI=1S/C16H30O3/c1-5-6-13(15(18)19)14(17)11-7-9-12(10-8-11)16(2,3)4/h11-14,17H,5-10H2,1-4H3,(H,18,19). The van der Waals surface area contributed by atoms with E-state index >= 15 is 0 Å². The van der Waals surface area contributed by atoms with Crippen LogP contribution in [0.25, 0.3) is 0 Å². The summed E-state index contributed by atoms with van der Waals surface area (Å²) >= 11 is 0. The summed E-state index contributed by atoms with van der Waals surface area (Å²) in [7, 11) is 0. The van der Waals surface area contributed by atoms with Crippen LogP contribution in [0.3, 0.4) is 0 Å². The molecule has 2 N–H and O–H groups in total. The summed E-state index contributed by atoms with van der Waals surface area (Å²) in [5, 5.41) is 19.6. The van der Waals surface area contributed by atoms with Crippen molar-refractivity contribution in [2.24, 2.45) is 23.2 Å². The van der Waals surface area contributed by atoms with Crippen molar-refractivity contribution in [3.8, 4) is 0 Å². The molecule has 0 radical (unpaired) electrons. The number of hydrogen-bond acceptors (Lipinski definition) is 2. The average Bonchev–Trinajstić information content (AvgIpc) is 2.34. The maximum absolute atomic E-state index is 11.2. The Kier molecular flexibility index (Phi) is 5.84. The summed E-state index contributed by atoms with van der Waals surface area (Å²) in [5.41, 5.74) is 0.325. The fraction of sp³-hybridized carbons (Fsp3) is 0.938. The third kappa shape index (κ3) is 4.48. The highest BCUT2D eigenvalue weighted by atomic mass is 16.4. The van der Waals surface area contributed by atoms with E-state index in [2.05, 4.69) is 20.8 Å². The molecule has 0 aromatic carbocycles.